The highest BCUT2D eigenvalue weighted by Crippen LogP contribution is 2.33. The van der Waals surface area contributed by atoms with Crippen molar-refractivity contribution in [3.63, 3.8) is 0 Å². The van der Waals surface area contributed by atoms with Gasteiger partial charge in [0.25, 0.3) is 0 Å². The summed E-state index contributed by atoms with van der Waals surface area (Å²) in [6.45, 7) is 2.59. The monoisotopic (exact) mass is 277 g/mol. The van der Waals surface area contributed by atoms with E-state index < -0.39 is 5.60 Å². The molecule has 2 aromatic carbocycles. The van der Waals surface area contributed by atoms with E-state index in [1.807, 2.05) is 6.92 Å². The van der Waals surface area contributed by atoms with Crippen molar-refractivity contribution in [2.75, 3.05) is 13.2 Å². The minimum Gasteiger partial charge on any atom is -0.365 e. The van der Waals surface area contributed by atoms with Gasteiger partial charge in [0.1, 0.15) is 17.2 Å². The molecule has 2 nitrogen and oxygen atoms in total. The third-order valence-electron chi connectivity index (χ3n) is 3.30. The van der Waals surface area contributed by atoms with Gasteiger partial charge in [0.2, 0.25) is 0 Å². The number of hydrogen-bond acceptors (Lipinski definition) is 2. The van der Waals surface area contributed by atoms with Crippen LogP contribution in [-0.4, -0.2) is 13.2 Å². The highest BCUT2D eigenvalue weighted by Gasteiger charge is 2.29. The van der Waals surface area contributed by atoms with Gasteiger partial charge in [-0.05, 0) is 42.3 Å². The molecule has 0 fully saturated rings. The minimum atomic E-state index is -0.791. The number of nitrogens with two attached hydrogens (primary N) is 1. The molecule has 0 atom stereocenters. The molecule has 0 saturated heterocycles. The molecule has 2 N–H and O–H groups in total. The first-order valence-corrected chi connectivity index (χ1v) is 6.42. The van der Waals surface area contributed by atoms with Crippen LogP contribution in [0.1, 0.15) is 18.1 Å². The van der Waals surface area contributed by atoms with Crippen molar-refractivity contribution in [3.05, 3.63) is 71.3 Å². The topological polar surface area (TPSA) is 35.2 Å². The lowest BCUT2D eigenvalue weighted by atomic mass is 9.88. The van der Waals surface area contributed by atoms with Gasteiger partial charge in [-0.25, -0.2) is 8.78 Å². The van der Waals surface area contributed by atoms with Crippen LogP contribution < -0.4 is 5.73 Å². The van der Waals surface area contributed by atoms with Crippen LogP contribution in [0, 0.1) is 11.6 Å². The fourth-order valence-corrected chi connectivity index (χ4v) is 2.13. The molecule has 0 aliphatic heterocycles. The van der Waals surface area contributed by atoms with E-state index in [-0.39, 0.29) is 11.6 Å². The molecule has 0 bridgehead atoms. The molecule has 0 aliphatic carbocycles. The number of rotatable bonds is 5. The van der Waals surface area contributed by atoms with Crippen LogP contribution in [-0.2, 0) is 10.3 Å². The van der Waals surface area contributed by atoms with E-state index in [0.717, 1.165) is 11.1 Å². The molecule has 0 saturated carbocycles. The van der Waals surface area contributed by atoms with Crippen molar-refractivity contribution >= 4 is 0 Å². The van der Waals surface area contributed by atoms with Crippen LogP contribution >= 0.6 is 0 Å². The highest BCUT2D eigenvalue weighted by molar-refractivity contribution is 5.35. The molecule has 106 valence electrons. The molecule has 2 aromatic rings. The van der Waals surface area contributed by atoms with Gasteiger partial charge < -0.3 is 10.5 Å². The zero-order valence-electron chi connectivity index (χ0n) is 11.3. The van der Waals surface area contributed by atoms with Gasteiger partial charge in [0, 0.05) is 6.54 Å². The van der Waals surface area contributed by atoms with Gasteiger partial charge in [-0.15, -0.1) is 0 Å². The zero-order chi connectivity index (χ0) is 14.6. The van der Waals surface area contributed by atoms with E-state index in [4.69, 9.17) is 10.5 Å². The lowest BCUT2D eigenvalue weighted by Crippen LogP contribution is -2.30. The Labute approximate surface area is 117 Å². The average Bonchev–Trinajstić information content (AvgIpc) is 2.46. The third-order valence-corrected chi connectivity index (χ3v) is 3.30. The standard InChI is InChI=1S/C16H17F2NO/c1-16(20-11-10-19,12-2-6-14(17)7-3-12)13-4-8-15(18)9-5-13/h2-9H,10-11,19H2,1H3. The molecular formula is C16H17F2NO. The minimum absolute atomic E-state index is 0.311. The van der Waals surface area contributed by atoms with E-state index in [2.05, 4.69) is 0 Å². The number of ether oxygens (including phenoxy) is 1. The SMILES string of the molecule is CC(OCCN)(c1ccc(F)cc1)c1ccc(F)cc1. The first-order valence-electron chi connectivity index (χ1n) is 6.42. The van der Waals surface area contributed by atoms with Crippen molar-refractivity contribution in [1.82, 2.24) is 0 Å². The molecule has 0 heterocycles. The van der Waals surface area contributed by atoms with Gasteiger partial charge in [-0.2, -0.15) is 0 Å². The molecule has 0 amide bonds. The quantitative estimate of drug-likeness (QED) is 0.911. The van der Waals surface area contributed by atoms with Crippen LogP contribution in [0.25, 0.3) is 0 Å². The zero-order valence-corrected chi connectivity index (χ0v) is 11.3. The largest absolute Gasteiger partial charge is 0.365 e. The molecule has 0 spiro atoms. The van der Waals surface area contributed by atoms with Crippen molar-refractivity contribution in [1.29, 1.82) is 0 Å². The molecule has 2 rings (SSSR count). The Kier molecular flexibility index (Phi) is 4.47. The normalized spacial score (nSPS) is 11.6. The Morgan fingerprint density at radius 2 is 1.30 bits per heavy atom. The second-order valence-electron chi connectivity index (χ2n) is 4.68. The summed E-state index contributed by atoms with van der Waals surface area (Å²) < 4.78 is 32.0. The number of benzene rings is 2. The maximum absolute atomic E-state index is 13.1. The summed E-state index contributed by atoms with van der Waals surface area (Å²) >= 11 is 0. The summed E-state index contributed by atoms with van der Waals surface area (Å²) in [5, 5.41) is 0. The molecule has 4 heteroatoms. The fourth-order valence-electron chi connectivity index (χ4n) is 2.13. The molecule has 0 aromatic heterocycles. The summed E-state index contributed by atoms with van der Waals surface area (Å²) in [5.74, 6) is -0.622. The smallest absolute Gasteiger partial charge is 0.123 e. The Morgan fingerprint density at radius 1 is 0.900 bits per heavy atom. The predicted octanol–water partition coefficient (Wildman–Crippen LogP) is 3.20. The fraction of sp³-hybridized carbons (Fsp3) is 0.250. The van der Waals surface area contributed by atoms with E-state index in [9.17, 15) is 8.78 Å². The van der Waals surface area contributed by atoms with E-state index in [0.29, 0.717) is 13.2 Å². The molecule has 0 aliphatic rings. The van der Waals surface area contributed by atoms with E-state index >= 15 is 0 Å². The summed E-state index contributed by atoms with van der Waals surface area (Å²) in [4.78, 5) is 0. The summed E-state index contributed by atoms with van der Waals surface area (Å²) in [6, 6.07) is 12.2. The Morgan fingerprint density at radius 3 is 1.65 bits per heavy atom. The predicted molar refractivity (Wildman–Crippen MR) is 74.3 cm³/mol. The van der Waals surface area contributed by atoms with Crippen molar-refractivity contribution in [2.45, 2.75) is 12.5 Å². The summed E-state index contributed by atoms with van der Waals surface area (Å²) in [6.07, 6.45) is 0. The number of halogens is 2. The van der Waals surface area contributed by atoms with Gasteiger partial charge in [0.15, 0.2) is 0 Å². The Balaban J connectivity index is 2.43. The van der Waals surface area contributed by atoms with Gasteiger partial charge in [-0.3, -0.25) is 0 Å². The average molecular weight is 277 g/mol. The number of hydrogen-bond donors (Lipinski definition) is 1. The highest BCUT2D eigenvalue weighted by atomic mass is 19.1. The first kappa shape index (κ1) is 14.6. The molecule has 0 radical (unpaired) electrons. The summed E-state index contributed by atoms with van der Waals surface area (Å²) in [5.41, 5.74) is 6.29. The Hall–Kier alpha value is -1.78. The van der Waals surface area contributed by atoms with Crippen LogP contribution in [0.2, 0.25) is 0 Å². The van der Waals surface area contributed by atoms with Crippen molar-refractivity contribution in [2.24, 2.45) is 5.73 Å². The van der Waals surface area contributed by atoms with Crippen molar-refractivity contribution < 1.29 is 13.5 Å². The van der Waals surface area contributed by atoms with Gasteiger partial charge >= 0.3 is 0 Å². The summed E-state index contributed by atoms with van der Waals surface area (Å²) in [7, 11) is 0. The third kappa shape index (κ3) is 3.03. The lowest BCUT2D eigenvalue weighted by Gasteiger charge is -2.31. The second-order valence-corrected chi connectivity index (χ2v) is 4.68. The van der Waals surface area contributed by atoms with Crippen LogP contribution in [0.4, 0.5) is 8.78 Å². The van der Waals surface area contributed by atoms with Crippen LogP contribution in [0.15, 0.2) is 48.5 Å². The van der Waals surface area contributed by atoms with E-state index in [1.54, 1.807) is 24.3 Å². The van der Waals surface area contributed by atoms with Crippen LogP contribution in [0.3, 0.4) is 0 Å². The van der Waals surface area contributed by atoms with E-state index in [1.165, 1.54) is 24.3 Å². The maximum atomic E-state index is 13.1. The molecular weight excluding hydrogens is 260 g/mol. The van der Waals surface area contributed by atoms with Gasteiger partial charge in [-0.1, -0.05) is 24.3 Å². The first-order chi connectivity index (χ1) is 9.56. The van der Waals surface area contributed by atoms with Crippen LogP contribution in [0.5, 0.6) is 0 Å². The maximum Gasteiger partial charge on any atom is 0.123 e. The van der Waals surface area contributed by atoms with Crippen molar-refractivity contribution in [3.8, 4) is 0 Å². The molecule has 0 unspecified atom stereocenters. The molecule has 20 heavy (non-hydrogen) atoms. The second kappa shape index (κ2) is 6.11. The lowest BCUT2D eigenvalue weighted by molar-refractivity contribution is 0.000577. The van der Waals surface area contributed by atoms with Gasteiger partial charge in [0.05, 0.1) is 6.61 Å². The Bertz CT molecular complexity index is 506.